The molecule has 0 N–H and O–H groups in total. The Labute approximate surface area is 160 Å². The minimum Gasteiger partial charge on any atom is -0.335 e. The number of aromatic nitrogens is 1. The lowest BCUT2D eigenvalue weighted by atomic mass is 9.87. The van der Waals surface area contributed by atoms with Crippen LogP contribution in [0.25, 0.3) is 0 Å². The molecule has 1 saturated heterocycles. The first-order valence-electron chi connectivity index (χ1n) is 9.65. The summed E-state index contributed by atoms with van der Waals surface area (Å²) >= 11 is 0. The molecule has 136 valence electrons. The van der Waals surface area contributed by atoms with Crippen molar-refractivity contribution in [1.82, 2.24) is 9.88 Å². The van der Waals surface area contributed by atoms with E-state index < -0.39 is 0 Å². The molecule has 4 rings (SSSR count). The van der Waals surface area contributed by atoms with Gasteiger partial charge in [0.15, 0.2) is 0 Å². The van der Waals surface area contributed by atoms with Crippen LogP contribution < -0.4 is 0 Å². The fourth-order valence-corrected chi connectivity index (χ4v) is 4.05. The third kappa shape index (κ3) is 3.77. The van der Waals surface area contributed by atoms with Crippen molar-refractivity contribution in [1.29, 1.82) is 0 Å². The zero-order valence-corrected chi connectivity index (χ0v) is 15.4. The molecule has 0 spiro atoms. The van der Waals surface area contributed by atoms with Gasteiger partial charge in [-0.15, -0.1) is 0 Å². The van der Waals surface area contributed by atoms with E-state index in [1.54, 1.807) is 6.20 Å². The van der Waals surface area contributed by atoms with E-state index in [9.17, 15) is 4.79 Å². The molecule has 3 aromatic rings. The molecule has 1 fully saturated rings. The summed E-state index contributed by atoms with van der Waals surface area (Å²) in [4.78, 5) is 20.1. The summed E-state index contributed by atoms with van der Waals surface area (Å²) in [7, 11) is 0. The molecule has 2 heterocycles. The largest absolute Gasteiger partial charge is 0.335 e. The van der Waals surface area contributed by atoms with Gasteiger partial charge in [-0.2, -0.15) is 0 Å². The van der Waals surface area contributed by atoms with Crippen molar-refractivity contribution in [3.63, 3.8) is 0 Å². The van der Waals surface area contributed by atoms with Crippen LogP contribution in [0.2, 0.25) is 0 Å². The molecule has 1 atom stereocenters. The standard InChI is InChI=1S/C24H24N2O/c27-24(26-17-8-7-15-22(26)21-14-9-16-25-18-21)23(19-10-3-1-4-11-19)20-12-5-2-6-13-20/h1-6,9-14,16,18,22-23H,7-8,15,17H2. The van der Waals surface area contributed by atoms with Crippen LogP contribution >= 0.6 is 0 Å². The highest BCUT2D eigenvalue weighted by atomic mass is 16.2. The first kappa shape index (κ1) is 17.5. The highest BCUT2D eigenvalue weighted by Crippen LogP contribution is 2.35. The first-order valence-corrected chi connectivity index (χ1v) is 9.65. The number of piperidine rings is 1. The third-order valence-corrected chi connectivity index (χ3v) is 5.37. The van der Waals surface area contributed by atoms with E-state index in [0.717, 1.165) is 42.5 Å². The fraction of sp³-hybridized carbons (Fsp3) is 0.250. The second-order valence-electron chi connectivity index (χ2n) is 7.08. The van der Waals surface area contributed by atoms with Crippen LogP contribution in [0.3, 0.4) is 0 Å². The average Bonchev–Trinajstić information content (AvgIpc) is 2.76. The van der Waals surface area contributed by atoms with E-state index >= 15 is 0 Å². The molecule has 2 aromatic carbocycles. The Morgan fingerprint density at radius 3 is 2.15 bits per heavy atom. The van der Waals surface area contributed by atoms with Gasteiger partial charge in [0.05, 0.1) is 12.0 Å². The minimum absolute atomic E-state index is 0.106. The predicted octanol–water partition coefficient (Wildman–Crippen LogP) is 4.97. The van der Waals surface area contributed by atoms with Crippen molar-refractivity contribution in [3.8, 4) is 0 Å². The summed E-state index contributed by atoms with van der Waals surface area (Å²) in [6.45, 7) is 0.800. The number of carbonyl (C=O) groups excluding carboxylic acids is 1. The molecular weight excluding hydrogens is 332 g/mol. The number of likely N-dealkylation sites (tertiary alicyclic amines) is 1. The number of rotatable bonds is 4. The predicted molar refractivity (Wildman–Crippen MR) is 107 cm³/mol. The van der Waals surface area contributed by atoms with Gasteiger partial charge in [-0.3, -0.25) is 9.78 Å². The van der Waals surface area contributed by atoms with Crippen LogP contribution in [0.1, 0.15) is 47.9 Å². The van der Waals surface area contributed by atoms with Crippen LogP contribution in [0.4, 0.5) is 0 Å². The Bertz CT molecular complexity index is 825. The highest BCUT2D eigenvalue weighted by molar-refractivity contribution is 5.87. The SMILES string of the molecule is O=C(C(c1ccccc1)c1ccccc1)N1CCCCC1c1cccnc1. The Kier molecular flexibility index (Phi) is 5.29. The number of benzene rings is 2. The summed E-state index contributed by atoms with van der Waals surface area (Å²) < 4.78 is 0. The molecule has 1 aliphatic rings. The van der Waals surface area contributed by atoms with Crippen molar-refractivity contribution in [2.24, 2.45) is 0 Å². The monoisotopic (exact) mass is 356 g/mol. The van der Waals surface area contributed by atoms with E-state index in [4.69, 9.17) is 0 Å². The zero-order valence-electron chi connectivity index (χ0n) is 15.4. The Morgan fingerprint density at radius 1 is 0.889 bits per heavy atom. The van der Waals surface area contributed by atoms with Gasteiger partial charge in [0.1, 0.15) is 0 Å². The maximum Gasteiger partial charge on any atom is 0.235 e. The normalized spacial score (nSPS) is 17.1. The number of carbonyl (C=O) groups is 1. The number of hydrogen-bond acceptors (Lipinski definition) is 2. The first-order chi connectivity index (χ1) is 13.3. The fourth-order valence-electron chi connectivity index (χ4n) is 4.05. The Hall–Kier alpha value is -2.94. The van der Waals surface area contributed by atoms with Crippen molar-refractivity contribution < 1.29 is 4.79 Å². The average molecular weight is 356 g/mol. The van der Waals surface area contributed by atoms with E-state index in [1.807, 2.05) is 48.7 Å². The number of pyridine rings is 1. The zero-order chi connectivity index (χ0) is 18.5. The lowest BCUT2D eigenvalue weighted by Gasteiger charge is -2.38. The number of hydrogen-bond donors (Lipinski definition) is 0. The van der Waals surface area contributed by atoms with E-state index in [0.29, 0.717) is 0 Å². The van der Waals surface area contributed by atoms with E-state index in [-0.39, 0.29) is 17.9 Å². The molecule has 3 heteroatoms. The Balaban J connectivity index is 1.72. The van der Waals surface area contributed by atoms with Crippen molar-refractivity contribution >= 4 is 5.91 Å². The summed E-state index contributed by atoms with van der Waals surface area (Å²) in [6.07, 6.45) is 6.88. The molecule has 1 amide bonds. The van der Waals surface area contributed by atoms with Crippen molar-refractivity contribution in [2.75, 3.05) is 6.54 Å². The maximum atomic E-state index is 13.8. The van der Waals surface area contributed by atoms with Crippen LogP contribution in [0.5, 0.6) is 0 Å². The van der Waals surface area contributed by atoms with Gasteiger partial charge in [0, 0.05) is 18.9 Å². The summed E-state index contributed by atoms with van der Waals surface area (Å²) in [6, 6.07) is 24.4. The molecule has 0 bridgehead atoms. The lowest BCUT2D eigenvalue weighted by molar-refractivity contribution is -0.135. The van der Waals surface area contributed by atoms with Gasteiger partial charge in [-0.1, -0.05) is 66.7 Å². The summed E-state index contributed by atoms with van der Waals surface area (Å²) in [5.41, 5.74) is 3.22. The van der Waals surface area contributed by atoms with Gasteiger partial charge < -0.3 is 4.90 Å². The molecule has 3 nitrogen and oxygen atoms in total. The molecule has 1 aliphatic heterocycles. The molecule has 0 radical (unpaired) electrons. The van der Waals surface area contributed by atoms with Gasteiger partial charge in [0.2, 0.25) is 5.91 Å². The molecule has 0 saturated carbocycles. The van der Waals surface area contributed by atoms with Crippen LogP contribution in [-0.2, 0) is 4.79 Å². The van der Waals surface area contributed by atoms with E-state index in [2.05, 4.69) is 40.2 Å². The minimum atomic E-state index is -0.273. The van der Waals surface area contributed by atoms with Gasteiger partial charge in [-0.05, 0) is 42.0 Å². The molecule has 1 aromatic heterocycles. The lowest BCUT2D eigenvalue weighted by Crippen LogP contribution is -2.41. The smallest absolute Gasteiger partial charge is 0.235 e. The number of nitrogens with zero attached hydrogens (tertiary/aromatic N) is 2. The highest BCUT2D eigenvalue weighted by Gasteiger charge is 2.34. The van der Waals surface area contributed by atoms with Gasteiger partial charge in [0.25, 0.3) is 0 Å². The quantitative estimate of drug-likeness (QED) is 0.661. The third-order valence-electron chi connectivity index (χ3n) is 5.37. The summed E-state index contributed by atoms with van der Waals surface area (Å²) in [5, 5.41) is 0. The molecule has 27 heavy (non-hydrogen) atoms. The van der Waals surface area contributed by atoms with Crippen molar-refractivity contribution in [3.05, 3.63) is 102 Å². The molecular formula is C24H24N2O. The van der Waals surface area contributed by atoms with Crippen molar-refractivity contribution in [2.45, 2.75) is 31.2 Å². The van der Waals surface area contributed by atoms with Crippen LogP contribution in [0, 0.1) is 0 Å². The van der Waals surface area contributed by atoms with Gasteiger partial charge >= 0.3 is 0 Å². The second-order valence-corrected chi connectivity index (χ2v) is 7.08. The Morgan fingerprint density at radius 2 is 1.56 bits per heavy atom. The van der Waals surface area contributed by atoms with Crippen LogP contribution in [-0.4, -0.2) is 22.3 Å². The molecule has 0 aliphatic carbocycles. The van der Waals surface area contributed by atoms with Crippen LogP contribution in [0.15, 0.2) is 85.2 Å². The van der Waals surface area contributed by atoms with Gasteiger partial charge in [-0.25, -0.2) is 0 Å². The molecule has 1 unspecified atom stereocenters. The summed E-state index contributed by atoms with van der Waals surface area (Å²) in [5.74, 6) is -0.0920. The van der Waals surface area contributed by atoms with E-state index in [1.165, 1.54) is 0 Å². The number of amides is 1. The maximum absolute atomic E-state index is 13.8. The topological polar surface area (TPSA) is 33.2 Å². The second kappa shape index (κ2) is 8.17.